The van der Waals surface area contributed by atoms with Gasteiger partial charge in [0, 0.05) is 7.05 Å². The van der Waals surface area contributed by atoms with Crippen LogP contribution in [0.3, 0.4) is 0 Å². The van der Waals surface area contributed by atoms with E-state index >= 15 is 0 Å². The van der Waals surface area contributed by atoms with E-state index in [-0.39, 0.29) is 5.91 Å². The van der Waals surface area contributed by atoms with E-state index in [0.29, 0.717) is 5.16 Å². The predicted octanol–water partition coefficient (Wildman–Crippen LogP) is 0.0334. The van der Waals surface area contributed by atoms with Crippen molar-refractivity contribution in [2.45, 2.75) is 10.4 Å². The van der Waals surface area contributed by atoms with Gasteiger partial charge in [-0.2, -0.15) is 0 Å². The Hall–Kier alpha value is -1.93. The quantitative estimate of drug-likeness (QED) is 0.350. The van der Waals surface area contributed by atoms with Gasteiger partial charge in [-0.25, -0.2) is 10.5 Å². The van der Waals surface area contributed by atoms with Gasteiger partial charge >= 0.3 is 0 Å². The van der Waals surface area contributed by atoms with E-state index in [9.17, 15) is 4.79 Å². The lowest BCUT2D eigenvalue weighted by atomic mass is 10.1. The number of carbonyl (C=O) groups is 1. The maximum Gasteiger partial charge on any atom is 0.251 e. The number of thioether (sulfide) groups is 1. The number of nitrogens with two attached hydrogens (primary N) is 1. The molecule has 1 atom stereocenters. The zero-order valence-corrected chi connectivity index (χ0v) is 10.5. The number of hydrogen-bond acceptors (Lipinski definition) is 6. The Kier molecular flexibility index (Phi) is 3.90. The highest BCUT2D eigenvalue weighted by atomic mass is 32.2. The molecule has 7 nitrogen and oxygen atoms in total. The summed E-state index contributed by atoms with van der Waals surface area (Å²) in [6.45, 7) is 0. The molecular weight excluding hydrogens is 252 g/mol. The number of aryl methyl sites for hydroxylation is 1. The fraction of sp³-hybridized carbons (Fsp3) is 0.200. The minimum atomic E-state index is -0.485. The molecule has 0 aliphatic rings. The number of amides is 1. The van der Waals surface area contributed by atoms with Crippen LogP contribution in [0.5, 0.6) is 0 Å². The van der Waals surface area contributed by atoms with Crippen LogP contribution in [0.1, 0.15) is 10.8 Å². The highest BCUT2D eigenvalue weighted by molar-refractivity contribution is 8.00. The number of tetrazole rings is 1. The molecule has 1 unspecified atom stereocenters. The third-order valence-corrected chi connectivity index (χ3v) is 3.57. The molecule has 0 bridgehead atoms. The summed E-state index contributed by atoms with van der Waals surface area (Å²) in [7, 11) is 1.71. The Labute approximate surface area is 108 Å². The average molecular weight is 264 g/mol. The lowest BCUT2D eigenvalue weighted by Crippen LogP contribution is -2.33. The topological polar surface area (TPSA) is 98.7 Å². The van der Waals surface area contributed by atoms with Crippen molar-refractivity contribution in [3.8, 4) is 0 Å². The van der Waals surface area contributed by atoms with Crippen LogP contribution in [-0.4, -0.2) is 26.1 Å². The van der Waals surface area contributed by atoms with Crippen molar-refractivity contribution in [1.29, 1.82) is 0 Å². The molecule has 18 heavy (non-hydrogen) atoms. The third-order valence-electron chi connectivity index (χ3n) is 2.29. The normalized spacial score (nSPS) is 12.1. The number of benzene rings is 1. The minimum absolute atomic E-state index is 0.297. The first-order valence-electron chi connectivity index (χ1n) is 5.17. The highest BCUT2D eigenvalue weighted by Gasteiger charge is 2.23. The molecule has 2 rings (SSSR count). The fourth-order valence-corrected chi connectivity index (χ4v) is 2.35. The number of carbonyl (C=O) groups excluding carboxylic acids is 1. The predicted molar refractivity (Wildman–Crippen MR) is 66.2 cm³/mol. The summed E-state index contributed by atoms with van der Waals surface area (Å²) in [5, 5.41) is 11.2. The van der Waals surface area contributed by atoms with Crippen molar-refractivity contribution in [3.05, 3.63) is 35.9 Å². The van der Waals surface area contributed by atoms with Crippen molar-refractivity contribution in [1.82, 2.24) is 25.6 Å². The van der Waals surface area contributed by atoms with E-state index < -0.39 is 5.25 Å². The zero-order valence-electron chi connectivity index (χ0n) is 9.65. The van der Waals surface area contributed by atoms with E-state index in [1.807, 2.05) is 30.3 Å². The number of rotatable bonds is 4. The monoisotopic (exact) mass is 264 g/mol. The highest BCUT2D eigenvalue weighted by Crippen LogP contribution is 2.33. The van der Waals surface area contributed by atoms with E-state index in [4.69, 9.17) is 5.84 Å². The standard InChI is InChI=1S/C10H12N6OS/c1-16-10(13-14-15-16)18-8(9(17)12-11)7-5-3-2-4-6-7/h2-6,8H,11H2,1H3,(H,12,17). The van der Waals surface area contributed by atoms with Gasteiger partial charge in [-0.05, 0) is 16.0 Å². The van der Waals surface area contributed by atoms with Crippen LogP contribution < -0.4 is 11.3 Å². The Balaban J connectivity index is 2.27. The molecular formula is C10H12N6OS. The molecule has 2 aromatic rings. The molecule has 1 heterocycles. The summed E-state index contributed by atoms with van der Waals surface area (Å²) in [5.41, 5.74) is 3.00. The molecule has 94 valence electrons. The van der Waals surface area contributed by atoms with Gasteiger partial charge in [0.15, 0.2) is 0 Å². The Morgan fingerprint density at radius 1 is 1.44 bits per heavy atom. The maximum absolute atomic E-state index is 11.8. The first-order chi connectivity index (χ1) is 8.72. The SMILES string of the molecule is Cn1nnnc1SC(C(=O)NN)c1ccccc1. The first kappa shape index (κ1) is 12.5. The molecule has 1 aromatic carbocycles. The lowest BCUT2D eigenvalue weighted by molar-refractivity contribution is -0.120. The van der Waals surface area contributed by atoms with E-state index in [1.165, 1.54) is 16.4 Å². The van der Waals surface area contributed by atoms with Crippen LogP contribution in [0.4, 0.5) is 0 Å². The summed E-state index contributed by atoms with van der Waals surface area (Å²) in [4.78, 5) is 11.8. The van der Waals surface area contributed by atoms with Crippen molar-refractivity contribution in [3.63, 3.8) is 0 Å². The van der Waals surface area contributed by atoms with Crippen LogP contribution in [0.15, 0.2) is 35.5 Å². The van der Waals surface area contributed by atoms with Crippen molar-refractivity contribution < 1.29 is 4.79 Å². The van der Waals surface area contributed by atoms with Gasteiger partial charge in [-0.3, -0.25) is 10.2 Å². The van der Waals surface area contributed by atoms with Crippen LogP contribution in [0.25, 0.3) is 0 Å². The second kappa shape index (κ2) is 5.61. The van der Waals surface area contributed by atoms with Gasteiger partial charge in [0.05, 0.1) is 0 Å². The molecule has 8 heteroatoms. The minimum Gasteiger partial charge on any atom is -0.293 e. The fourth-order valence-electron chi connectivity index (χ4n) is 1.40. The van der Waals surface area contributed by atoms with Crippen LogP contribution in [-0.2, 0) is 11.8 Å². The molecule has 0 fully saturated rings. The van der Waals surface area contributed by atoms with Crippen LogP contribution in [0.2, 0.25) is 0 Å². The van der Waals surface area contributed by atoms with Crippen molar-refractivity contribution >= 4 is 17.7 Å². The number of aromatic nitrogens is 4. The van der Waals surface area contributed by atoms with Gasteiger partial charge in [-0.15, -0.1) is 5.10 Å². The maximum atomic E-state index is 11.8. The number of hydrogen-bond donors (Lipinski definition) is 2. The lowest BCUT2D eigenvalue weighted by Gasteiger charge is -2.13. The molecule has 1 aromatic heterocycles. The largest absolute Gasteiger partial charge is 0.293 e. The smallest absolute Gasteiger partial charge is 0.251 e. The summed E-state index contributed by atoms with van der Waals surface area (Å²) in [5.74, 6) is 4.91. The van der Waals surface area contributed by atoms with E-state index in [2.05, 4.69) is 21.0 Å². The van der Waals surface area contributed by atoms with Crippen LogP contribution >= 0.6 is 11.8 Å². The number of hydrazine groups is 1. The summed E-state index contributed by atoms with van der Waals surface area (Å²) < 4.78 is 1.50. The summed E-state index contributed by atoms with van der Waals surface area (Å²) in [6, 6.07) is 9.33. The number of nitrogens with one attached hydrogen (secondary N) is 1. The van der Waals surface area contributed by atoms with Gasteiger partial charge in [-0.1, -0.05) is 42.1 Å². The molecule has 0 saturated carbocycles. The van der Waals surface area contributed by atoms with Crippen LogP contribution in [0, 0.1) is 0 Å². The van der Waals surface area contributed by atoms with Gasteiger partial charge in [0.25, 0.3) is 5.91 Å². The second-order valence-electron chi connectivity index (χ2n) is 3.50. The molecule has 1 amide bonds. The molecule has 3 N–H and O–H groups in total. The summed E-state index contributed by atoms with van der Waals surface area (Å²) >= 11 is 1.24. The third kappa shape index (κ3) is 2.66. The number of nitrogens with zero attached hydrogens (tertiary/aromatic N) is 4. The molecule has 0 aliphatic carbocycles. The van der Waals surface area contributed by atoms with Gasteiger partial charge in [0.1, 0.15) is 5.25 Å². The van der Waals surface area contributed by atoms with E-state index in [1.54, 1.807) is 7.05 Å². The van der Waals surface area contributed by atoms with Gasteiger partial charge < -0.3 is 0 Å². The summed E-state index contributed by atoms with van der Waals surface area (Å²) in [6.07, 6.45) is 0. The Morgan fingerprint density at radius 3 is 2.72 bits per heavy atom. The van der Waals surface area contributed by atoms with Crippen molar-refractivity contribution in [2.75, 3.05) is 0 Å². The molecule has 0 radical (unpaired) electrons. The average Bonchev–Trinajstić information content (AvgIpc) is 2.81. The van der Waals surface area contributed by atoms with Gasteiger partial charge in [0.2, 0.25) is 5.16 Å². The van der Waals surface area contributed by atoms with Crippen molar-refractivity contribution in [2.24, 2.45) is 12.9 Å². The second-order valence-corrected chi connectivity index (χ2v) is 4.57. The molecule has 0 saturated heterocycles. The molecule has 0 spiro atoms. The first-order valence-corrected chi connectivity index (χ1v) is 6.04. The zero-order chi connectivity index (χ0) is 13.0. The molecule has 0 aliphatic heterocycles. The Morgan fingerprint density at radius 2 is 2.17 bits per heavy atom. The van der Waals surface area contributed by atoms with E-state index in [0.717, 1.165) is 5.56 Å². The Bertz CT molecular complexity index is 528.